The van der Waals surface area contributed by atoms with Crippen LogP contribution in [0.15, 0.2) is 42.9 Å². The molecule has 1 aromatic carbocycles. The van der Waals surface area contributed by atoms with E-state index in [9.17, 15) is 0 Å². The quantitative estimate of drug-likeness (QED) is 0.614. The van der Waals surface area contributed by atoms with Crippen molar-refractivity contribution in [1.29, 1.82) is 0 Å². The SMILES string of the molecule is CC1(C)c2ccc3c(c2-c2nccnc21)C(C)(C)c1cccnc1-3. The van der Waals surface area contributed by atoms with Gasteiger partial charge in [-0.1, -0.05) is 45.9 Å². The van der Waals surface area contributed by atoms with Gasteiger partial charge in [-0.2, -0.15) is 0 Å². The summed E-state index contributed by atoms with van der Waals surface area (Å²) in [5.74, 6) is 0. The van der Waals surface area contributed by atoms with Crippen LogP contribution in [0.3, 0.4) is 0 Å². The third-order valence-electron chi connectivity index (χ3n) is 5.77. The van der Waals surface area contributed by atoms with Crippen molar-refractivity contribution in [3.05, 3.63) is 65.2 Å². The maximum atomic E-state index is 4.72. The summed E-state index contributed by atoms with van der Waals surface area (Å²) >= 11 is 0. The average Bonchev–Trinajstić information content (AvgIpc) is 2.96. The second kappa shape index (κ2) is 4.10. The van der Waals surface area contributed by atoms with Crippen molar-refractivity contribution in [3.8, 4) is 22.5 Å². The summed E-state index contributed by atoms with van der Waals surface area (Å²) in [6, 6.07) is 8.72. The van der Waals surface area contributed by atoms with E-state index in [1.165, 1.54) is 27.8 Å². The highest BCUT2D eigenvalue weighted by atomic mass is 14.8. The fourth-order valence-electron chi connectivity index (χ4n) is 4.58. The van der Waals surface area contributed by atoms with Crippen LogP contribution in [-0.4, -0.2) is 15.0 Å². The molecule has 0 amide bonds. The Morgan fingerprint density at radius 2 is 1.46 bits per heavy atom. The fourth-order valence-corrected chi connectivity index (χ4v) is 4.58. The molecule has 0 N–H and O–H groups in total. The first-order valence-corrected chi connectivity index (χ1v) is 8.39. The lowest BCUT2D eigenvalue weighted by Crippen LogP contribution is -2.18. The van der Waals surface area contributed by atoms with Crippen LogP contribution in [0.25, 0.3) is 22.5 Å². The zero-order chi connectivity index (χ0) is 16.7. The summed E-state index contributed by atoms with van der Waals surface area (Å²) in [4.78, 5) is 14.1. The molecule has 0 radical (unpaired) electrons. The van der Waals surface area contributed by atoms with Gasteiger partial charge in [0.25, 0.3) is 0 Å². The lowest BCUT2D eigenvalue weighted by Gasteiger charge is -2.25. The number of aromatic nitrogens is 3. The van der Waals surface area contributed by atoms with E-state index in [4.69, 9.17) is 4.98 Å². The molecule has 2 aromatic heterocycles. The zero-order valence-corrected chi connectivity index (χ0v) is 14.4. The van der Waals surface area contributed by atoms with Gasteiger partial charge in [-0.05, 0) is 22.8 Å². The minimum absolute atomic E-state index is 0.0838. The Morgan fingerprint density at radius 1 is 0.708 bits per heavy atom. The van der Waals surface area contributed by atoms with E-state index in [1.54, 1.807) is 12.4 Å². The highest BCUT2D eigenvalue weighted by molar-refractivity contribution is 5.90. The first-order chi connectivity index (χ1) is 11.4. The van der Waals surface area contributed by atoms with Crippen molar-refractivity contribution in [1.82, 2.24) is 15.0 Å². The van der Waals surface area contributed by atoms with Gasteiger partial charge >= 0.3 is 0 Å². The molecule has 0 atom stereocenters. The predicted octanol–water partition coefficient (Wildman–Crippen LogP) is 4.48. The van der Waals surface area contributed by atoms with Crippen molar-refractivity contribution >= 4 is 0 Å². The first-order valence-electron chi connectivity index (χ1n) is 8.39. The van der Waals surface area contributed by atoms with Crippen LogP contribution >= 0.6 is 0 Å². The van der Waals surface area contributed by atoms with Gasteiger partial charge in [0, 0.05) is 40.5 Å². The Balaban J connectivity index is 1.95. The lowest BCUT2D eigenvalue weighted by atomic mass is 9.77. The summed E-state index contributed by atoms with van der Waals surface area (Å²) < 4.78 is 0. The largest absolute Gasteiger partial charge is 0.256 e. The number of benzene rings is 1. The Bertz CT molecular complexity index is 1020. The van der Waals surface area contributed by atoms with E-state index >= 15 is 0 Å². The standard InChI is InChI=1S/C21H19N3/c1-20(2)14-6-5-9-22-17(14)12-7-8-13-15(16(12)20)18-19(21(13,3)4)24-11-10-23-18/h5-11H,1-4H3. The van der Waals surface area contributed by atoms with Crippen LogP contribution in [0, 0.1) is 0 Å². The van der Waals surface area contributed by atoms with Crippen LogP contribution < -0.4 is 0 Å². The number of rotatable bonds is 0. The topological polar surface area (TPSA) is 38.7 Å². The van der Waals surface area contributed by atoms with Crippen molar-refractivity contribution in [2.45, 2.75) is 38.5 Å². The van der Waals surface area contributed by atoms with E-state index in [2.05, 4.69) is 55.9 Å². The maximum Gasteiger partial charge on any atom is 0.0932 e. The Hall–Kier alpha value is -2.55. The summed E-state index contributed by atoms with van der Waals surface area (Å²) in [7, 11) is 0. The number of hydrogen-bond donors (Lipinski definition) is 0. The molecule has 0 spiro atoms. The second-order valence-electron chi connectivity index (χ2n) is 7.81. The molecule has 2 aliphatic carbocycles. The smallest absolute Gasteiger partial charge is 0.0932 e. The molecule has 0 fully saturated rings. The molecule has 0 aliphatic heterocycles. The van der Waals surface area contributed by atoms with Crippen LogP contribution in [0.2, 0.25) is 0 Å². The molecule has 5 rings (SSSR count). The van der Waals surface area contributed by atoms with E-state index in [-0.39, 0.29) is 10.8 Å². The van der Waals surface area contributed by atoms with Gasteiger partial charge in [0.05, 0.1) is 17.1 Å². The van der Waals surface area contributed by atoms with E-state index < -0.39 is 0 Å². The van der Waals surface area contributed by atoms with Crippen molar-refractivity contribution in [2.24, 2.45) is 0 Å². The number of hydrogen-bond acceptors (Lipinski definition) is 3. The summed E-state index contributed by atoms with van der Waals surface area (Å²) in [5.41, 5.74) is 9.49. The molecule has 24 heavy (non-hydrogen) atoms. The van der Waals surface area contributed by atoms with Crippen molar-refractivity contribution < 1.29 is 0 Å². The molecule has 0 saturated heterocycles. The molecule has 2 heterocycles. The van der Waals surface area contributed by atoms with E-state index in [0.717, 1.165) is 17.1 Å². The van der Waals surface area contributed by atoms with Crippen molar-refractivity contribution in [2.75, 3.05) is 0 Å². The number of pyridine rings is 1. The lowest BCUT2D eigenvalue weighted by molar-refractivity contribution is 0.630. The Kier molecular flexibility index (Phi) is 2.36. The summed E-state index contributed by atoms with van der Waals surface area (Å²) in [6.07, 6.45) is 5.49. The van der Waals surface area contributed by atoms with Crippen LogP contribution in [0.1, 0.15) is 50.1 Å². The van der Waals surface area contributed by atoms with E-state index in [1.807, 2.05) is 12.3 Å². The molecule has 3 nitrogen and oxygen atoms in total. The minimum Gasteiger partial charge on any atom is -0.256 e. The number of fused-ring (bicyclic) bond motifs is 7. The van der Waals surface area contributed by atoms with E-state index in [0.29, 0.717) is 0 Å². The van der Waals surface area contributed by atoms with Gasteiger partial charge in [0.2, 0.25) is 0 Å². The van der Waals surface area contributed by atoms with Crippen LogP contribution in [-0.2, 0) is 10.8 Å². The maximum absolute atomic E-state index is 4.72. The van der Waals surface area contributed by atoms with Crippen LogP contribution in [0.4, 0.5) is 0 Å². The molecule has 0 unspecified atom stereocenters. The normalized spacial score (nSPS) is 17.8. The summed E-state index contributed by atoms with van der Waals surface area (Å²) in [6.45, 7) is 9.07. The van der Waals surface area contributed by atoms with Crippen LogP contribution in [0.5, 0.6) is 0 Å². The number of nitrogens with zero attached hydrogens (tertiary/aromatic N) is 3. The highest BCUT2D eigenvalue weighted by Gasteiger charge is 2.46. The summed E-state index contributed by atoms with van der Waals surface area (Å²) in [5, 5.41) is 0. The first kappa shape index (κ1) is 13.8. The highest BCUT2D eigenvalue weighted by Crippen LogP contribution is 2.57. The second-order valence-corrected chi connectivity index (χ2v) is 7.81. The van der Waals surface area contributed by atoms with Gasteiger partial charge in [-0.25, -0.2) is 0 Å². The molecular formula is C21H19N3. The van der Waals surface area contributed by atoms with Gasteiger partial charge < -0.3 is 0 Å². The van der Waals surface area contributed by atoms with Gasteiger partial charge in [-0.15, -0.1) is 0 Å². The van der Waals surface area contributed by atoms with Gasteiger partial charge in [0.15, 0.2) is 0 Å². The predicted molar refractivity (Wildman–Crippen MR) is 95.0 cm³/mol. The molecular weight excluding hydrogens is 294 g/mol. The monoisotopic (exact) mass is 313 g/mol. The average molecular weight is 313 g/mol. The third kappa shape index (κ3) is 1.41. The minimum atomic E-state index is -0.119. The zero-order valence-electron chi connectivity index (χ0n) is 14.4. The molecule has 0 saturated carbocycles. The molecule has 3 heteroatoms. The Morgan fingerprint density at radius 3 is 2.29 bits per heavy atom. The third-order valence-corrected chi connectivity index (χ3v) is 5.77. The molecule has 118 valence electrons. The Labute approximate surface area is 141 Å². The fraction of sp³-hybridized carbons (Fsp3) is 0.286. The molecule has 0 bridgehead atoms. The van der Waals surface area contributed by atoms with Gasteiger partial charge in [-0.3, -0.25) is 15.0 Å². The molecule has 3 aromatic rings. The van der Waals surface area contributed by atoms with Crippen molar-refractivity contribution in [3.63, 3.8) is 0 Å². The molecule has 2 aliphatic rings. The van der Waals surface area contributed by atoms with Gasteiger partial charge in [0.1, 0.15) is 0 Å².